The molecule has 0 fully saturated rings. The smallest absolute Gasteiger partial charge is 0.322 e. The van der Waals surface area contributed by atoms with Gasteiger partial charge in [-0.05, 0) is 30.7 Å². The van der Waals surface area contributed by atoms with Gasteiger partial charge < -0.3 is 5.11 Å². The number of imide groups is 1. The summed E-state index contributed by atoms with van der Waals surface area (Å²) in [5.74, 6) is -1.75. The van der Waals surface area contributed by atoms with Crippen molar-refractivity contribution in [3.05, 3.63) is 35.9 Å². The Labute approximate surface area is 149 Å². The number of carbonyl (C=O) groups is 3. The van der Waals surface area contributed by atoms with Gasteiger partial charge in [0.1, 0.15) is 6.04 Å². The lowest BCUT2D eigenvalue weighted by Crippen LogP contribution is -2.54. The zero-order valence-electron chi connectivity index (χ0n) is 15.2. The third kappa shape index (κ3) is 7.47. The van der Waals surface area contributed by atoms with Crippen LogP contribution in [0.5, 0.6) is 0 Å². The average molecular weight is 348 g/mol. The second-order valence-electron chi connectivity index (χ2n) is 6.51. The lowest BCUT2D eigenvalue weighted by atomic mass is 10.0. The fourth-order valence-electron chi connectivity index (χ4n) is 2.45. The highest BCUT2D eigenvalue weighted by Crippen LogP contribution is 2.09. The first-order chi connectivity index (χ1) is 11.8. The maximum absolute atomic E-state index is 12.5. The Balaban J connectivity index is 2.81. The molecular weight excluding hydrogens is 320 g/mol. The Morgan fingerprint density at radius 3 is 2.20 bits per heavy atom. The van der Waals surface area contributed by atoms with Crippen LogP contribution in [0.15, 0.2) is 30.3 Å². The summed E-state index contributed by atoms with van der Waals surface area (Å²) in [7, 11) is 0. The van der Waals surface area contributed by atoms with E-state index in [0.29, 0.717) is 19.3 Å². The molecule has 0 radical (unpaired) electrons. The molecule has 0 aliphatic heterocycles. The summed E-state index contributed by atoms with van der Waals surface area (Å²) in [6, 6.07) is 8.53. The van der Waals surface area contributed by atoms with Gasteiger partial charge in [0.25, 0.3) is 0 Å². The van der Waals surface area contributed by atoms with E-state index >= 15 is 0 Å². The number of aryl methyl sites for hydroxylation is 1. The number of carboxylic acids is 1. The molecule has 138 valence electrons. The van der Waals surface area contributed by atoms with Crippen LogP contribution >= 0.6 is 0 Å². The van der Waals surface area contributed by atoms with Crippen molar-refractivity contribution >= 4 is 17.8 Å². The molecule has 0 saturated carbocycles. The molecule has 0 spiro atoms. The van der Waals surface area contributed by atoms with E-state index in [0.717, 1.165) is 10.6 Å². The molecule has 0 heterocycles. The van der Waals surface area contributed by atoms with E-state index in [2.05, 4.69) is 5.43 Å². The maximum atomic E-state index is 12.5. The number of rotatable bonds is 10. The molecule has 1 aromatic rings. The lowest BCUT2D eigenvalue weighted by molar-refractivity contribution is -0.153. The molecule has 6 heteroatoms. The molecule has 1 aromatic carbocycles. The fourth-order valence-corrected chi connectivity index (χ4v) is 2.45. The molecule has 0 aliphatic rings. The first kappa shape index (κ1) is 20.8. The van der Waals surface area contributed by atoms with Gasteiger partial charge in [-0.25, -0.2) is 10.4 Å². The Morgan fingerprint density at radius 1 is 1.08 bits per heavy atom. The highest BCUT2D eigenvalue weighted by molar-refractivity contribution is 5.95. The third-order valence-corrected chi connectivity index (χ3v) is 3.72. The Kier molecular flexibility index (Phi) is 8.84. The van der Waals surface area contributed by atoms with Crippen LogP contribution in [-0.2, 0) is 20.8 Å². The molecule has 0 aliphatic carbocycles. The minimum atomic E-state index is -1.07. The average Bonchev–Trinajstić information content (AvgIpc) is 2.57. The van der Waals surface area contributed by atoms with Crippen molar-refractivity contribution in [3.63, 3.8) is 0 Å². The molecule has 0 unspecified atom stereocenters. The number of nitrogens with zero attached hydrogens (tertiary/aromatic N) is 1. The quantitative estimate of drug-likeness (QED) is 0.635. The summed E-state index contributed by atoms with van der Waals surface area (Å²) in [6.07, 6.45) is 1.75. The minimum Gasteiger partial charge on any atom is -0.480 e. The van der Waals surface area contributed by atoms with Gasteiger partial charge >= 0.3 is 5.97 Å². The molecule has 1 rings (SSSR count). The number of carboxylic acid groups (broad SMARTS) is 1. The summed E-state index contributed by atoms with van der Waals surface area (Å²) >= 11 is 0. The first-order valence-corrected chi connectivity index (χ1v) is 8.73. The van der Waals surface area contributed by atoms with Crippen LogP contribution in [-0.4, -0.2) is 33.9 Å². The number of carbonyl (C=O) groups excluding carboxylic acids is 2. The van der Waals surface area contributed by atoms with E-state index in [1.165, 1.54) is 0 Å². The first-order valence-electron chi connectivity index (χ1n) is 8.73. The van der Waals surface area contributed by atoms with Crippen LogP contribution in [0.25, 0.3) is 0 Å². The molecule has 0 bridgehead atoms. The third-order valence-electron chi connectivity index (χ3n) is 3.72. The van der Waals surface area contributed by atoms with Crippen molar-refractivity contribution in [3.8, 4) is 0 Å². The normalized spacial score (nSPS) is 12.0. The molecule has 1 atom stereocenters. The number of hydrogen-bond acceptors (Lipinski definition) is 4. The summed E-state index contributed by atoms with van der Waals surface area (Å²) in [5.41, 5.74) is 3.64. The number of hydrogen-bond donors (Lipinski definition) is 2. The number of benzene rings is 1. The molecule has 0 saturated heterocycles. The second-order valence-corrected chi connectivity index (χ2v) is 6.51. The number of hydrazine groups is 1. The monoisotopic (exact) mass is 348 g/mol. The molecule has 6 nitrogen and oxygen atoms in total. The highest BCUT2D eigenvalue weighted by atomic mass is 16.4. The molecule has 2 amide bonds. The summed E-state index contributed by atoms with van der Waals surface area (Å²) in [4.78, 5) is 36.3. The zero-order chi connectivity index (χ0) is 18.8. The van der Waals surface area contributed by atoms with Gasteiger partial charge in [-0.3, -0.25) is 14.4 Å². The largest absolute Gasteiger partial charge is 0.480 e. The van der Waals surface area contributed by atoms with Crippen molar-refractivity contribution in [1.82, 2.24) is 10.4 Å². The van der Waals surface area contributed by atoms with Crippen molar-refractivity contribution in [2.75, 3.05) is 0 Å². The number of aliphatic carboxylic acids is 1. The minimum absolute atomic E-state index is 0.121. The van der Waals surface area contributed by atoms with Crippen LogP contribution in [0.4, 0.5) is 0 Å². The Hall–Kier alpha value is -2.21. The van der Waals surface area contributed by atoms with Gasteiger partial charge in [-0.1, -0.05) is 51.1 Å². The molecule has 2 N–H and O–H groups in total. The van der Waals surface area contributed by atoms with Crippen LogP contribution in [0, 0.1) is 5.92 Å². The molecular formula is C19H28N2O4. The summed E-state index contributed by atoms with van der Waals surface area (Å²) in [5, 5.41) is 10.3. The van der Waals surface area contributed by atoms with E-state index < -0.39 is 23.8 Å². The van der Waals surface area contributed by atoms with E-state index in [1.807, 2.05) is 51.1 Å². The number of nitrogens with one attached hydrogen (secondary N) is 1. The number of amides is 2. The van der Waals surface area contributed by atoms with Crippen molar-refractivity contribution in [1.29, 1.82) is 0 Å². The molecule has 0 aromatic heterocycles. The van der Waals surface area contributed by atoms with Crippen LogP contribution in [0.3, 0.4) is 0 Å². The van der Waals surface area contributed by atoms with Gasteiger partial charge in [0.05, 0.1) is 0 Å². The predicted octanol–water partition coefficient (Wildman–Crippen LogP) is 2.78. The zero-order valence-corrected chi connectivity index (χ0v) is 15.2. The maximum Gasteiger partial charge on any atom is 0.322 e. The van der Waals surface area contributed by atoms with Crippen LogP contribution in [0.2, 0.25) is 0 Å². The van der Waals surface area contributed by atoms with E-state index in [4.69, 9.17) is 0 Å². The second kappa shape index (κ2) is 10.6. The summed E-state index contributed by atoms with van der Waals surface area (Å²) < 4.78 is 0. The van der Waals surface area contributed by atoms with Gasteiger partial charge in [0, 0.05) is 12.8 Å². The van der Waals surface area contributed by atoms with Gasteiger partial charge in [-0.2, -0.15) is 0 Å². The topological polar surface area (TPSA) is 86.7 Å². The van der Waals surface area contributed by atoms with Gasteiger partial charge in [0.2, 0.25) is 11.8 Å². The van der Waals surface area contributed by atoms with E-state index in [9.17, 15) is 19.5 Å². The highest BCUT2D eigenvalue weighted by Gasteiger charge is 2.27. The Morgan fingerprint density at radius 2 is 1.68 bits per heavy atom. The Bertz CT molecular complexity index is 572. The summed E-state index contributed by atoms with van der Waals surface area (Å²) in [6.45, 7) is 5.63. The van der Waals surface area contributed by atoms with Crippen molar-refractivity contribution < 1.29 is 19.5 Å². The SMILES string of the molecule is CCCC(=O)N(N[C@@H](CC(C)C)C(=O)O)C(=O)CCc1ccccc1. The van der Waals surface area contributed by atoms with Crippen LogP contribution in [0.1, 0.15) is 52.0 Å². The predicted molar refractivity (Wildman–Crippen MR) is 95.5 cm³/mol. The van der Waals surface area contributed by atoms with Gasteiger partial charge in [-0.15, -0.1) is 0 Å². The standard InChI is InChI=1S/C19H28N2O4/c1-4-8-17(22)21(20-16(19(24)25)13-14(2)3)18(23)12-11-15-9-6-5-7-10-15/h5-7,9-10,14,16,20H,4,8,11-13H2,1-3H3,(H,24,25)/t16-/m0/s1. The van der Waals surface area contributed by atoms with E-state index in [-0.39, 0.29) is 18.8 Å². The lowest BCUT2D eigenvalue weighted by Gasteiger charge is -2.26. The van der Waals surface area contributed by atoms with Crippen LogP contribution < -0.4 is 5.43 Å². The fraction of sp³-hybridized carbons (Fsp3) is 0.526. The van der Waals surface area contributed by atoms with E-state index in [1.54, 1.807) is 0 Å². The van der Waals surface area contributed by atoms with Gasteiger partial charge in [0.15, 0.2) is 0 Å². The van der Waals surface area contributed by atoms with Crippen molar-refractivity contribution in [2.24, 2.45) is 5.92 Å². The van der Waals surface area contributed by atoms with Crippen molar-refractivity contribution in [2.45, 2.75) is 58.9 Å². The molecule has 25 heavy (non-hydrogen) atoms.